The number of aliphatic carboxylic acids is 1. The molecule has 0 bridgehead atoms. The lowest BCUT2D eigenvalue weighted by Gasteiger charge is -2.01. The summed E-state index contributed by atoms with van der Waals surface area (Å²) < 4.78 is 0. The van der Waals surface area contributed by atoms with Gasteiger partial charge in [-0.25, -0.2) is 14.8 Å². The molecule has 0 aliphatic heterocycles. The standard InChI is InChI=1S/C14H12N2O2S/c17-14(18)6-5-11-1-3-12(4-2-11)9-19-13-7-8-15-10-16-13/h1-8,10H,9H2,(H,17,18). The van der Waals surface area contributed by atoms with Gasteiger partial charge in [0.2, 0.25) is 0 Å². The fraction of sp³-hybridized carbons (Fsp3) is 0.0714. The monoisotopic (exact) mass is 272 g/mol. The van der Waals surface area contributed by atoms with Gasteiger partial charge in [-0.1, -0.05) is 24.3 Å². The second-order valence-electron chi connectivity index (χ2n) is 3.75. The molecule has 0 aliphatic rings. The molecule has 96 valence electrons. The third-order valence-corrected chi connectivity index (χ3v) is 3.35. The highest BCUT2D eigenvalue weighted by molar-refractivity contribution is 7.98. The highest BCUT2D eigenvalue weighted by Gasteiger charge is 1.97. The Morgan fingerprint density at radius 3 is 2.68 bits per heavy atom. The van der Waals surface area contributed by atoms with Crippen LogP contribution >= 0.6 is 11.8 Å². The van der Waals surface area contributed by atoms with Crippen molar-refractivity contribution >= 4 is 23.8 Å². The smallest absolute Gasteiger partial charge is 0.328 e. The Labute approximate surface area is 115 Å². The molecule has 1 heterocycles. The van der Waals surface area contributed by atoms with Gasteiger partial charge in [0.05, 0.1) is 5.03 Å². The van der Waals surface area contributed by atoms with Crippen molar-refractivity contribution < 1.29 is 9.90 Å². The minimum Gasteiger partial charge on any atom is -0.478 e. The van der Waals surface area contributed by atoms with E-state index in [4.69, 9.17) is 5.11 Å². The Morgan fingerprint density at radius 1 is 1.26 bits per heavy atom. The number of aromatic nitrogens is 2. The maximum absolute atomic E-state index is 10.4. The lowest BCUT2D eigenvalue weighted by molar-refractivity contribution is -0.131. The molecule has 0 radical (unpaired) electrons. The largest absolute Gasteiger partial charge is 0.478 e. The third kappa shape index (κ3) is 4.56. The summed E-state index contributed by atoms with van der Waals surface area (Å²) in [6.07, 6.45) is 5.95. The maximum atomic E-state index is 10.4. The quantitative estimate of drug-likeness (QED) is 0.515. The number of nitrogens with zero attached hydrogens (tertiary/aromatic N) is 2. The van der Waals surface area contributed by atoms with E-state index in [2.05, 4.69) is 9.97 Å². The topological polar surface area (TPSA) is 63.1 Å². The number of carboxylic acids is 1. The first-order valence-electron chi connectivity index (χ1n) is 5.63. The molecule has 0 amide bonds. The fourth-order valence-corrected chi connectivity index (χ4v) is 2.20. The first-order chi connectivity index (χ1) is 9.24. The molecular weight excluding hydrogens is 260 g/mol. The molecular formula is C14H12N2O2S. The van der Waals surface area contributed by atoms with Gasteiger partial charge in [-0.2, -0.15) is 0 Å². The Morgan fingerprint density at radius 2 is 2.05 bits per heavy atom. The molecule has 0 atom stereocenters. The molecule has 1 aromatic heterocycles. The second kappa shape index (κ2) is 6.70. The number of carbonyl (C=O) groups is 1. The average molecular weight is 272 g/mol. The van der Waals surface area contributed by atoms with Gasteiger partial charge in [0.25, 0.3) is 0 Å². The molecule has 0 spiro atoms. The van der Waals surface area contributed by atoms with Crippen LogP contribution in [-0.4, -0.2) is 21.0 Å². The van der Waals surface area contributed by atoms with Gasteiger partial charge in [-0.05, 0) is 23.3 Å². The van der Waals surface area contributed by atoms with Gasteiger partial charge < -0.3 is 5.11 Å². The third-order valence-electron chi connectivity index (χ3n) is 2.34. The minimum atomic E-state index is -0.941. The van der Waals surface area contributed by atoms with Crippen LogP contribution in [-0.2, 0) is 10.5 Å². The summed E-state index contributed by atoms with van der Waals surface area (Å²) in [7, 11) is 0. The average Bonchev–Trinajstić information content (AvgIpc) is 2.45. The molecule has 0 fully saturated rings. The van der Waals surface area contributed by atoms with Crippen LogP contribution in [0.15, 0.2) is 54.0 Å². The van der Waals surface area contributed by atoms with Crippen LogP contribution in [0.4, 0.5) is 0 Å². The zero-order valence-electron chi connectivity index (χ0n) is 10.1. The van der Waals surface area contributed by atoms with Crippen LogP contribution in [0.5, 0.6) is 0 Å². The van der Waals surface area contributed by atoms with Gasteiger partial charge in [0.1, 0.15) is 6.33 Å². The fourth-order valence-electron chi connectivity index (χ4n) is 1.41. The molecule has 19 heavy (non-hydrogen) atoms. The van der Waals surface area contributed by atoms with Gasteiger partial charge in [-0.15, -0.1) is 11.8 Å². The second-order valence-corrected chi connectivity index (χ2v) is 4.75. The summed E-state index contributed by atoms with van der Waals surface area (Å²) in [6, 6.07) is 9.63. The molecule has 4 nitrogen and oxygen atoms in total. The summed E-state index contributed by atoms with van der Waals surface area (Å²) in [4.78, 5) is 18.4. The van der Waals surface area contributed by atoms with E-state index in [1.165, 1.54) is 6.33 Å². The van der Waals surface area contributed by atoms with Crippen molar-refractivity contribution in [2.75, 3.05) is 0 Å². The van der Waals surface area contributed by atoms with Crippen molar-refractivity contribution in [2.24, 2.45) is 0 Å². The normalized spacial score (nSPS) is 10.7. The van der Waals surface area contributed by atoms with E-state index in [9.17, 15) is 4.79 Å². The number of thioether (sulfide) groups is 1. The molecule has 0 saturated carbocycles. The van der Waals surface area contributed by atoms with E-state index in [-0.39, 0.29) is 0 Å². The van der Waals surface area contributed by atoms with E-state index >= 15 is 0 Å². The van der Waals surface area contributed by atoms with Crippen molar-refractivity contribution in [1.29, 1.82) is 0 Å². The number of rotatable bonds is 5. The van der Waals surface area contributed by atoms with E-state index in [0.29, 0.717) is 0 Å². The van der Waals surface area contributed by atoms with E-state index in [1.807, 2.05) is 30.3 Å². The summed E-state index contributed by atoms with van der Waals surface area (Å²) in [5.41, 5.74) is 2.04. The predicted molar refractivity (Wildman–Crippen MR) is 74.7 cm³/mol. The Kier molecular flexibility index (Phi) is 4.69. The van der Waals surface area contributed by atoms with Gasteiger partial charge in [-0.3, -0.25) is 0 Å². The van der Waals surface area contributed by atoms with Gasteiger partial charge >= 0.3 is 5.97 Å². The van der Waals surface area contributed by atoms with Gasteiger partial charge in [0.15, 0.2) is 0 Å². The first kappa shape index (κ1) is 13.3. The zero-order chi connectivity index (χ0) is 13.5. The molecule has 2 rings (SSSR count). The Bertz CT molecular complexity index is 568. The Hall–Kier alpha value is -2.14. The summed E-state index contributed by atoms with van der Waals surface area (Å²) in [6.45, 7) is 0. The van der Waals surface area contributed by atoms with Crippen LogP contribution in [0, 0.1) is 0 Å². The van der Waals surface area contributed by atoms with Gasteiger partial charge in [0, 0.05) is 18.0 Å². The van der Waals surface area contributed by atoms with Crippen LogP contribution in [0.3, 0.4) is 0 Å². The summed E-state index contributed by atoms with van der Waals surface area (Å²) >= 11 is 1.63. The Balaban J connectivity index is 1.94. The van der Waals surface area contributed by atoms with Crippen LogP contribution in [0.2, 0.25) is 0 Å². The predicted octanol–water partition coefficient (Wildman–Crippen LogP) is 2.87. The van der Waals surface area contributed by atoms with Crippen LogP contribution in [0.1, 0.15) is 11.1 Å². The molecule has 1 aromatic carbocycles. The van der Waals surface area contributed by atoms with E-state index < -0.39 is 5.97 Å². The number of hydrogen-bond donors (Lipinski definition) is 1. The summed E-state index contributed by atoms with van der Waals surface area (Å²) in [5, 5.41) is 9.47. The van der Waals surface area contributed by atoms with Crippen molar-refractivity contribution in [1.82, 2.24) is 9.97 Å². The number of benzene rings is 1. The van der Waals surface area contributed by atoms with Crippen molar-refractivity contribution in [2.45, 2.75) is 10.8 Å². The highest BCUT2D eigenvalue weighted by Crippen LogP contribution is 2.20. The number of hydrogen-bond acceptors (Lipinski definition) is 4. The number of carboxylic acid groups (broad SMARTS) is 1. The maximum Gasteiger partial charge on any atom is 0.328 e. The molecule has 0 unspecified atom stereocenters. The highest BCUT2D eigenvalue weighted by atomic mass is 32.2. The molecule has 5 heteroatoms. The lowest BCUT2D eigenvalue weighted by Crippen LogP contribution is -1.86. The van der Waals surface area contributed by atoms with E-state index in [1.54, 1.807) is 24.0 Å². The van der Waals surface area contributed by atoms with Crippen molar-refractivity contribution in [3.05, 3.63) is 60.1 Å². The van der Waals surface area contributed by atoms with Crippen molar-refractivity contribution in [3.63, 3.8) is 0 Å². The molecule has 0 saturated heterocycles. The van der Waals surface area contributed by atoms with Crippen LogP contribution < -0.4 is 0 Å². The zero-order valence-corrected chi connectivity index (χ0v) is 10.9. The summed E-state index contributed by atoms with van der Waals surface area (Å²) in [5.74, 6) is -0.122. The molecule has 2 aromatic rings. The first-order valence-corrected chi connectivity index (χ1v) is 6.61. The molecule has 0 aliphatic carbocycles. The van der Waals surface area contributed by atoms with Crippen molar-refractivity contribution in [3.8, 4) is 0 Å². The molecule has 1 N–H and O–H groups in total. The SMILES string of the molecule is O=C(O)C=Cc1ccc(CSc2ccncn2)cc1. The van der Waals surface area contributed by atoms with Crippen LogP contribution in [0.25, 0.3) is 6.08 Å². The lowest BCUT2D eigenvalue weighted by atomic mass is 10.1. The van der Waals surface area contributed by atoms with E-state index in [0.717, 1.165) is 28.0 Å². The minimum absolute atomic E-state index is 0.819.